The Hall–Kier alpha value is -1.77. The number of ether oxygens (including phenoxy) is 1. The topological polar surface area (TPSA) is 38.3 Å². The quantitative estimate of drug-likeness (QED) is 0.761. The first-order chi connectivity index (χ1) is 6.29. The highest BCUT2D eigenvalue weighted by atomic mass is 16.5. The van der Waals surface area contributed by atoms with Gasteiger partial charge in [-0.05, 0) is 18.3 Å². The van der Waals surface area contributed by atoms with Gasteiger partial charge in [-0.25, -0.2) is 0 Å². The number of rotatable bonds is 3. The van der Waals surface area contributed by atoms with Crippen LogP contribution in [0, 0.1) is 0 Å². The van der Waals surface area contributed by atoms with Gasteiger partial charge in [-0.15, -0.1) is 0 Å². The number of methoxy groups -OCH3 is 1. The van der Waals surface area contributed by atoms with Gasteiger partial charge >= 0.3 is 0 Å². The van der Waals surface area contributed by atoms with Gasteiger partial charge in [-0.3, -0.25) is 4.79 Å². The van der Waals surface area contributed by atoms with Crippen molar-refractivity contribution in [2.75, 3.05) is 7.11 Å². The highest BCUT2D eigenvalue weighted by Gasteiger charge is 2.08. The Balaban J connectivity index is 2.98. The van der Waals surface area contributed by atoms with E-state index in [1.54, 1.807) is 18.2 Å². The Bertz CT molecular complexity index is 320. The van der Waals surface area contributed by atoms with E-state index in [9.17, 15) is 4.79 Å². The zero-order chi connectivity index (χ0) is 9.68. The molecule has 0 saturated carbocycles. The molecule has 1 N–H and O–H groups in total. The molecule has 0 bridgehead atoms. The molecule has 0 spiro atoms. The molecule has 0 radical (unpaired) electrons. The summed E-state index contributed by atoms with van der Waals surface area (Å²) in [6, 6.07) is 7.01. The van der Waals surface area contributed by atoms with E-state index < -0.39 is 0 Å². The smallest absolute Gasteiger partial charge is 0.258 e. The van der Waals surface area contributed by atoms with Crippen molar-refractivity contribution >= 4 is 5.91 Å². The van der Waals surface area contributed by atoms with Crippen molar-refractivity contribution in [3.63, 3.8) is 0 Å². The second-order valence-corrected chi connectivity index (χ2v) is 2.38. The molecular formula is C10H11NO2. The Kier molecular flexibility index (Phi) is 3.09. The summed E-state index contributed by atoms with van der Waals surface area (Å²) in [7, 11) is 1.53. The van der Waals surface area contributed by atoms with Crippen molar-refractivity contribution in [2.45, 2.75) is 0 Å². The SMILES string of the molecule is C=CNC(=O)c1ccccc1OC. The molecule has 3 nitrogen and oxygen atoms in total. The first kappa shape index (κ1) is 9.32. The highest BCUT2D eigenvalue weighted by Crippen LogP contribution is 2.16. The van der Waals surface area contributed by atoms with Gasteiger partial charge in [0.2, 0.25) is 0 Å². The largest absolute Gasteiger partial charge is 0.496 e. The van der Waals surface area contributed by atoms with Crippen LogP contribution in [0.5, 0.6) is 5.75 Å². The van der Waals surface area contributed by atoms with E-state index in [0.29, 0.717) is 11.3 Å². The molecule has 0 fully saturated rings. The molecule has 13 heavy (non-hydrogen) atoms. The molecule has 1 aromatic rings. The summed E-state index contributed by atoms with van der Waals surface area (Å²) < 4.78 is 5.02. The number of carbonyl (C=O) groups excluding carboxylic acids is 1. The van der Waals surface area contributed by atoms with E-state index in [4.69, 9.17) is 4.74 Å². The maximum absolute atomic E-state index is 11.4. The van der Waals surface area contributed by atoms with Gasteiger partial charge in [-0.1, -0.05) is 18.7 Å². The fourth-order valence-corrected chi connectivity index (χ4v) is 1.00. The lowest BCUT2D eigenvalue weighted by molar-refractivity contribution is 0.0967. The lowest BCUT2D eigenvalue weighted by Gasteiger charge is -2.05. The third kappa shape index (κ3) is 2.08. The van der Waals surface area contributed by atoms with E-state index >= 15 is 0 Å². The van der Waals surface area contributed by atoms with Gasteiger partial charge in [0.1, 0.15) is 5.75 Å². The average Bonchev–Trinajstić information content (AvgIpc) is 2.18. The summed E-state index contributed by atoms with van der Waals surface area (Å²) >= 11 is 0. The zero-order valence-electron chi connectivity index (χ0n) is 7.41. The minimum atomic E-state index is -0.215. The summed E-state index contributed by atoms with van der Waals surface area (Å²) in [6.07, 6.45) is 1.34. The maximum atomic E-state index is 11.4. The number of hydrogen-bond donors (Lipinski definition) is 1. The van der Waals surface area contributed by atoms with E-state index in [0.717, 1.165) is 0 Å². The molecule has 0 aliphatic heterocycles. The van der Waals surface area contributed by atoms with Crippen molar-refractivity contribution in [1.29, 1.82) is 0 Å². The molecule has 0 saturated heterocycles. The van der Waals surface area contributed by atoms with E-state index in [2.05, 4.69) is 11.9 Å². The van der Waals surface area contributed by atoms with Gasteiger partial charge < -0.3 is 10.1 Å². The normalized spacial score (nSPS) is 9.00. The van der Waals surface area contributed by atoms with Crippen LogP contribution < -0.4 is 10.1 Å². The van der Waals surface area contributed by atoms with Gasteiger partial charge in [0, 0.05) is 0 Å². The lowest BCUT2D eigenvalue weighted by atomic mass is 10.2. The molecule has 3 heteroatoms. The number of hydrogen-bond acceptors (Lipinski definition) is 2. The molecule has 1 amide bonds. The van der Waals surface area contributed by atoms with Crippen molar-refractivity contribution in [3.8, 4) is 5.75 Å². The maximum Gasteiger partial charge on any atom is 0.258 e. The molecule has 0 aliphatic rings. The Morgan fingerprint density at radius 1 is 1.54 bits per heavy atom. The fraction of sp³-hybridized carbons (Fsp3) is 0.100. The van der Waals surface area contributed by atoms with Crippen molar-refractivity contribution in [3.05, 3.63) is 42.6 Å². The lowest BCUT2D eigenvalue weighted by Crippen LogP contribution is -2.17. The van der Waals surface area contributed by atoms with Crippen LogP contribution in [-0.4, -0.2) is 13.0 Å². The number of carbonyl (C=O) groups is 1. The molecule has 0 aromatic heterocycles. The van der Waals surface area contributed by atoms with Gasteiger partial charge in [-0.2, -0.15) is 0 Å². The fourth-order valence-electron chi connectivity index (χ4n) is 1.00. The minimum absolute atomic E-state index is 0.215. The van der Waals surface area contributed by atoms with E-state index in [1.165, 1.54) is 13.3 Å². The summed E-state index contributed by atoms with van der Waals surface area (Å²) in [5.74, 6) is 0.342. The van der Waals surface area contributed by atoms with Crippen molar-refractivity contribution in [2.24, 2.45) is 0 Å². The summed E-state index contributed by atoms with van der Waals surface area (Å²) in [5.41, 5.74) is 0.505. The third-order valence-electron chi connectivity index (χ3n) is 1.58. The van der Waals surface area contributed by atoms with Crippen LogP contribution in [0.1, 0.15) is 10.4 Å². The third-order valence-corrected chi connectivity index (χ3v) is 1.58. The van der Waals surface area contributed by atoms with Crippen LogP contribution in [0.25, 0.3) is 0 Å². The monoisotopic (exact) mass is 177 g/mol. The number of para-hydroxylation sites is 1. The minimum Gasteiger partial charge on any atom is -0.496 e. The van der Waals surface area contributed by atoms with Crippen LogP contribution in [0.4, 0.5) is 0 Å². The molecule has 0 unspecified atom stereocenters. The van der Waals surface area contributed by atoms with Gasteiger partial charge in [0.05, 0.1) is 12.7 Å². The average molecular weight is 177 g/mol. The molecule has 1 rings (SSSR count). The van der Waals surface area contributed by atoms with Crippen LogP contribution in [0.15, 0.2) is 37.0 Å². The standard InChI is InChI=1S/C10H11NO2/c1-3-11-10(12)8-6-4-5-7-9(8)13-2/h3-7H,1H2,2H3,(H,11,12). The van der Waals surface area contributed by atoms with Crippen molar-refractivity contribution < 1.29 is 9.53 Å². The van der Waals surface area contributed by atoms with Gasteiger partial charge in [0.25, 0.3) is 5.91 Å². The second-order valence-electron chi connectivity index (χ2n) is 2.38. The van der Waals surface area contributed by atoms with Gasteiger partial charge in [0.15, 0.2) is 0 Å². The number of amides is 1. The molecule has 0 heterocycles. The summed E-state index contributed by atoms with van der Waals surface area (Å²) in [4.78, 5) is 11.4. The Labute approximate surface area is 77.0 Å². The predicted molar refractivity (Wildman–Crippen MR) is 50.7 cm³/mol. The second kappa shape index (κ2) is 4.30. The predicted octanol–water partition coefficient (Wildman–Crippen LogP) is 1.57. The Morgan fingerprint density at radius 3 is 2.85 bits per heavy atom. The number of nitrogens with one attached hydrogen (secondary N) is 1. The van der Waals surface area contributed by atoms with Crippen LogP contribution in [-0.2, 0) is 0 Å². The molecule has 0 aliphatic carbocycles. The zero-order valence-corrected chi connectivity index (χ0v) is 7.41. The van der Waals surface area contributed by atoms with E-state index in [1.807, 2.05) is 6.07 Å². The first-order valence-electron chi connectivity index (χ1n) is 3.84. The molecule has 0 atom stereocenters. The molecular weight excluding hydrogens is 166 g/mol. The van der Waals surface area contributed by atoms with Crippen LogP contribution in [0.3, 0.4) is 0 Å². The van der Waals surface area contributed by atoms with E-state index in [-0.39, 0.29) is 5.91 Å². The van der Waals surface area contributed by atoms with Crippen LogP contribution in [0.2, 0.25) is 0 Å². The highest BCUT2D eigenvalue weighted by molar-refractivity contribution is 5.97. The van der Waals surface area contributed by atoms with Crippen LogP contribution >= 0.6 is 0 Å². The van der Waals surface area contributed by atoms with Crippen molar-refractivity contribution in [1.82, 2.24) is 5.32 Å². The summed E-state index contributed by atoms with van der Waals surface area (Å²) in [6.45, 7) is 3.41. The molecule has 68 valence electrons. The Morgan fingerprint density at radius 2 is 2.23 bits per heavy atom. The first-order valence-corrected chi connectivity index (χ1v) is 3.84. The molecule has 1 aromatic carbocycles. The number of benzene rings is 1. The summed E-state index contributed by atoms with van der Waals surface area (Å²) in [5, 5.41) is 2.48.